The molecular weight excluding hydrogens is 476 g/mol. The van der Waals surface area contributed by atoms with Crippen LogP contribution in [0, 0.1) is 0 Å². The predicted octanol–water partition coefficient (Wildman–Crippen LogP) is 5.55. The second kappa shape index (κ2) is 9.74. The summed E-state index contributed by atoms with van der Waals surface area (Å²) in [7, 11) is 1.63. The number of imidazole rings is 1. The van der Waals surface area contributed by atoms with Gasteiger partial charge in [0.1, 0.15) is 22.4 Å². The minimum Gasteiger partial charge on any atom is -0.484 e. The van der Waals surface area contributed by atoms with Gasteiger partial charge in [-0.05, 0) is 26.0 Å². The number of benzene rings is 1. The summed E-state index contributed by atoms with van der Waals surface area (Å²) in [6.07, 6.45) is 2.66. The standard InChI is InChI=1S/C24H23ClN4O4S/c1-4-32-24(31)28(3)15-9-10-29-18(13-27-21(29)11-15)20-12-19(22(34-20)23(26)30)33-14(2)16-7-5-6-8-17(16)25/h5-14H,4H2,1-3H3,(H2,26,30). The van der Waals surface area contributed by atoms with Gasteiger partial charge in [0.25, 0.3) is 5.91 Å². The van der Waals surface area contributed by atoms with Crippen LogP contribution < -0.4 is 15.4 Å². The molecule has 0 radical (unpaired) electrons. The molecular formula is C24H23ClN4O4S. The molecule has 4 aromatic rings. The minimum atomic E-state index is -0.579. The molecule has 0 aliphatic carbocycles. The van der Waals surface area contributed by atoms with E-state index in [1.54, 1.807) is 50.6 Å². The minimum absolute atomic E-state index is 0.291. The van der Waals surface area contributed by atoms with Crippen LogP contribution in [0.4, 0.5) is 10.5 Å². The van der Waals surface area contributed by atoms with Crippen molar-refractivity contribution in [3.63, 3.8) is 0 Å². The summed E-state index contributed by atoms with van der Waals surface area (Å²) in [5.41, 5.74) is 8.47. The first kappa shape index (κ1) is 23.6. The highest BCUT2D eigenvalue weighted by Crippen LogP contribution is 2.39. The fourth-order valence-electron chi connectivity index (χ4n) is 3.51. The van der Waals surface area contributed by atoms with Gasteiger partial charge in [0.05, 0.1) is 29.1 Å². The first-order valence-electron chi connectivity index (χ1n) is 10.5. The fourth-order valence-corrected chi connectivity index (χ4v) is 4.74. The molecule has 0 saturated heterocycles. The van der Waals surface area contributed by atoms with Gasteiger partial charge in [-0.2, -0.15) is 0 Å². The van der Waals surface area contributed by atoms with Crippen molar-refractivity contribution >= 4 is 46.3 Å². The molecule has 0 fully saturated rings. The van der Waals surface area contributed by atoms with Gasteiger partial charge in [-0.1, -0.05) is 29.8 Å². The van der Waals surface area contributed by atoms with E-state index in [2.05, 4.69) is 4.98 Å². The number of fused-ring (bicyclic) bond motifs is 1. The zero-order valence-electron chi connectivity index (χ0n) is 18.8. The van der Waals surface area contributed by atoms with Gasteiger partial charge in [-0.25, -0.2) is 9.78 Å². The Morgan fingerprint density at radius 1 is 1.26 bits per heavy atom. The summed E-state index contributed by atoms with van der Waals surface area (Å²) in [5.74, 6) is -0.196. The molecule has 4 rings (SSSR count). The molecule has 2 amide bonds. The third-order valence-corrected chi connectivity index (χ3v) is 6.74. The molecule has 0 spiro atoms. The zero-order valence-corrected chi connectivity index (χ0v) is 20.4. The van der Waals surface area contributed by atoms with E-state index in [1.807, 2.05) is 29.5 Å². The van der Waals surface area contributed by atoms with E-state index in [0.29, 0.717) is 33.6 Å². The maximum atomic E-state index is 12.1. The Kier molecular flexibility index (Phi) is 6.76. The van der Waals surface area contributed by atoms with Crippen LogP contribution in [0.15, 0.2) is 54.9 Å². The highest BCUT2D eigenvalue weighted by atomic mass is 35.5. The lowest BCUT2D eigenvalue weighted by Gasteiger charge is -2.16. The van der Waals surface area contributed by atoms with Crippen LogP contribution in [0.25, 0.3) is 16.2 Å². The van der Waals surface area contributed by atoms with Gasteiger partial charge >= 0.3 is 6.09 Å². The van der Waals surface area contributed by atoms with Crippen molar-refractivity contribution in [2.45, 2.75) is 20.0 Å². The van der Waals surface area contributed by atoms with E-state index in [1.165, 1.54) is 16.2 Å². The van der Waals surface area contributed by atoms with Crippen molar-refractivity contribution in [2.75, 3.05) is 18.6 Å². The van der Waals surface area contributed by atoms with Crippen molar-refractivity contribution in [1.29, 1.82) is 0 Å². The number of halogens is 1. The monoisotopic (exact) mass is 498 g/mol. The number of ether oxygens (including phenoxy) is 2. The Morgan fingerprint density at radius 3 is 2.74 bits per heavy atom. The van der Waals surface area contributed by atoms with Gasteiger partial charge < -0.3 is 15.2 Å². The van der Waals surface area contributed by atoms with Crippen LogP contribution in [0.3, 0.4) is 0 Å². The largest absolute Gasteiger partial charge is 0.484 e. The molecule has 8 nitrogen and oxygen atoms in total. The highest BCUT2D eigenvalue weighted by molar-refractivity contribution is 7.17. The number of thiophene rings is 1. The molecule has 176 valence electrons. The maximum absolute atomic E-state index is 12.1. The van der Waals surface area contributed by atoms with E-state index in [0.717, 1.165) is 16.1 Å². The number of carbonyl (C=O) groups excluding carboxylic acids is 2. The number of rotatable bonds is 7. The molecule has 3 aromatic heterocycles. The molecule has 0 aliphatic heterocycles. The molecule has 0 saturated carbocycles. The number of pyridine rings is 1. The Hall–Kier alpha value is -3.56. The van der Waals surface area contributed by atoms with E-state index >= 15 is 0 Å². The van der Waals surface area contributed by atoms with Crippen LogP contribution in [0.2, 0.25) is 5.02 Å². The Labute approximate surface area is 205 Å². The summed E-state index contributed by atoms with van der Waals surface area (Å²) >= 11 is 7.52. The predicted molar refractivity (Wildman–Crippen MR) is 133 cm³/mol. The highest BCUT2D eigenvalue weighted by Gasteiger charge is 2.22. The van der Waals surface area contributed by atoms with Crippen molar-refractivity contribution in [3.05, 3.63) is 70.3 Å². The Bertz CT molecular complexity index is 1370. The molecule has 1 aromatic carbocycles. The van der Waals surface area contributed by atoms with Gasteiger partial charge in [0, 0.05) is 36.0 Å². The quantitative estimate of drug-likeness (QED) is 0.360. The third-order valence-electron chi connectivity index (χ3n) is 5.25. The lowest BCUT2D eigenvalue weighted by atomic mass is 10.1. The maximum Gasteiger partial charge on any atom is 0.413 e. The summed E-state index contributed by atoms with van der Waals surface area (Å²) in [6.45, 7) is 3.91. The van der Waals surface area contributed by atoms with Crippen molar-refractivity contribution in [3.8, 4) is 16.3 Å². The smallest absolute Gasteiger partial charge is 0.413 e. The van der Waals surface area contributed by atoms with E-state index < -0.39 is 18.1 Å². The SMILES string of the molecule is CCOC(=O)N(C)c1ccn2c(-c3cc(OC(C)c4ccccc4Cl)c(C(N)=O)s3)cnc2c1. The van der Waals surface area contributed by atoms with Gasteiger partial charge in [-0.3, -0.25) is 14.1 Å². The van der Waals surface area contributed by atoms with Crippen molar-refractivity contribution in [2.24, 2.45) is 5.73 Å². The van der Waals surface area contributed by atoms with E-state index in [4.69, 9.17) is 26.8 Å². The summed E-state index contributed by atoms with van der Waals surface area (Å²) < 4.78 is 13.0. The zero-order chi connectivity index (χ0) is 24.4. The normalized spacial score (nSPS) is 11.9. The number of hydrogen-bond donors (Lipinski definition) is 1. The first-order valence-corrected chi connectivity index (χ1v) is 11.7. The second-order valence-corrected chi connectivity index (χ2v) is 8.92. The average Bonchev–Trinajstić information content (AvgIpc) is 3.42. The number of aromatic nitrogens is 2. The van der Waals surface area contributed by atoms with Crippen LogP contribution in [0.1, 0.15) is 35.2 Å². The van der Waals surface area contributed by atoms with Crippen LogP contribution in [-0.4, -0.2) is 35.0 Å². The summed E-state index contributed by atoms with van der Waals surface area (Å²) in [5, 5.41) is 0.580. The number of anilines is 1. The summed E-state index contributed by atoms with van der Waals surface area (Å²) in [4.78, 5) is 31.1. The van der Waals surface area contributed by atoms with Crippen LogP contribution in [0.5, 0.6) is 5.75 Å². The van der Waals surface area contributed by atoms with Gasteiger partial charge in [0.2, 0.25) is 0 Å². The van der Waals surface area contributed by atoms with Crippen LogP contribution >= 0.6 is 22.9 Å². The van der Waals surface area contributed by atoms with E-state index in [-0.39, 0.29) is 0 Å². The lowest BCUT2D eigenvalue weighted by molar-refractivity contribution is 0.0998. The topological polar surface area (TPSA) is 99.2 Å². The molecule has 10 heteroatoms. The van der Waals surface area contributed by atoms with Crippen molar-refractivity contribution < 1.29 is 19.1 Å². The number of hydrogen-bond acceptors (Lipinski definition) is 6. The molecule has 1 atom stereocenters. The van der Waals surface area contributed by atoms with Crippen molar-refractivity contribution in [1.82, 2.24) is 9.38 Å². The summed E-state index contributed by atoms with van der Waals surface area (Å²) in [6, 6.07) is 12.7. The number of nitrogens with two attached hydrogens (primary N) is 1. The van der Waals surface area contributed by atoms with E-state index in [9.17, 15) is 9.59 Å². The Morgan fingerprint density at radius 2 is 2.03 bits per heavy atom. The second-order valence-electron chi connectivity index (χ2n) is 7.46. The molecule has 3 heterocycles. The molecule has 2 N–H and O–H groups in total. The number of nitrogens with zero attached hydrogens (tertiary/aromatic N) is 3. The first-order chi connectivity index (χ1) is 16.3. The fraction of sp³-hybridized carbons (Fsp3) is 0.208. The lowest BCUT2D eigenvalue weighted by Crippen LogP contribution is -2.27. The molecule has 1 unspecified atom stereocenters. The Balaban J connectivity index is 1.67. The number of primary amides is 1. The third kappa shape index (κ3) is 4.57. The number of carbonyl (C=O) groups is 2. The molecule has 34 heavy (non-hydrogen) atoms. The van der Waals surface area contributed by atoms with Gasteiger partial charge in [-0.15, -0.1) is 11.3 Å². The van der Waals surface area contributed by atoms with Crippen LogP contribution in [-0.2, 0) is 4.74 Å². The van der Waals surface area contributed by atoms with Gasteiger partial charge in [0.15, 0.2) is 0 Å². The molecule has 0 aliphatic rings. The average molecular weight is 499 g/mol. The number of amides is 2. The molecule has 0 bridgehead atoms.